The molecule has 0 radical (unpaired) electrons. The topological polar surface area (TPSA) is 20.2 Å². The van der Waals surface area contributed by atoms with E-state index in [9.17, 15) is 0 Å². The zero-order valence-electron chi connectivity index (χ0n) is 4.91. The molecule has 1 aliphatic rings. The molecular formula is C6H12ORu. The smallest absolute Gasteiger partial charge is 0.0540 e. The average Bonchev–Trinajstić information content (AvgIpc) is 1.69. The fourth-order valence-corrected chi connectivity index (χ4v) is 1.08. The van der Waals surface area contributed by atoms with Gasteiger partial charge in [0.05, 0.1) is 6.10 Å². The van der Waals surface area contributed by atoms with Crippen molar-refractivity contribution < 1.29 is 24.6 Å². The standard InChI is InChI=1S/C6H12O.Ru/c7-6-4-2-1-3-5-6;/h6-7H,1-5H2;. The van der Waals surface area contributed by atoms with Gasteiger partial charge in [0.2, 0.25) is 0 Å². The van der Waals surface area contributed by atoms with Crippen molar-refractivity contribution >= 4 is 0 Å². The van der Waals surface area contributed by atoms with Crippen molar-refractivity contribution in [2.75, 3.05) is 0 Å². The van der Waals surface area contributed by atoms with Crippen molar-refractivity contribution in [3.05, 3.63) is 0 Å². The molecule has 0 aromatic carbocycles. The first-order valence-corrected chi connectivity index (χ1v) is 3.07. The maximum Gasteiger partial charge on any atom is 0.0540 e. The summed E-state index contributed by atoms with van der Waals surface area (Å²) in [5.41, 5.74) is 0. The summed E-state index contributed by atoms with van der Waals surface area (Å²) in [4.78, 5) is 0. The van der Waals surface area contributed by atoms with E-state index < -0.39 is 0 Å². The van der Waals surface area contributed by atoms with Gasteiger partial charge in [-0.05, 0) is 12.8 Å². The van der Waals surface area contributed by atoms with E-state index in [1.54, 1.807) is 0 Å². The first kappa shape index (κ1) is 8.58. The molecule has 1 saturated carbocycles. The third kappa shape index (κ3) is 2.79. The van der Waals surface area contributed by atoms with Gasteiger partial charge in [-0.15, -0.1) is 0 Å². The van der Waals surface area contributed by atoms with Crippen molar-refractivity contribution in [2.45, 2.75) is 38.2 Å². The van der Waals surface area contributed by atoms with Gasteiger partial charge in [0.15, 0.2) is 0 Å². The summed E-state index contributed by atoms with van der Waals surface area (Å²) < 4.78 is 0. The zero-order valence-corrected chi connectivity index (χ0v) is 6.65. The van der Waals surface area contributed by atoms with E-state index in [1.165, 1.54) is 19.3 Å². The Labute approximate surface area is 63.2 Å². The molecule has 0 heterocycles. The monoisotopic (exact) mass is 202 g/mol. The Kier molecular flexibility index (Phi) is 4.79. The van der Waals surface area contributed by atoms with Crippen LogP contribution in [0, 0.1) is 0 Å². The molecular weight excluding hydrogens is 189 g/mol. The van der Waals surface area contributed by atoms with Crippen molar-refractivity contribution in [1.82, 2.24) is 0 Å². The van der Waals surface area contributed by atoms with Gasteiger partial charge in [0.25, 0.3) is 0 Å². The van der Waals surface area contributed by atoms with Crippen LogP contribution in [0.15, 0.2) is 0 Å². The van der Waals surface area contributed by atoms with Crippen molar-refractivity contribution in [1.29, 1.82) is 0 Å². The summed E-state index contributed by atoms with van der Waals surface area (Å²) in [6.45, 7) is 0. The van der Waals surface area contributed by atoms with E-state index in [2.05, 4.69) is 0 Å². The van der Waals surface area contributed by atoms with E-state index in [-0.39, 0.29) is 25.6 Å². The molecule has 0 amide bonds. The Balaban J connectivity index is 0.000000490. The van der Waals surface area contributed by atoms with Crippen molar-refractivity contribution in [3.63, 3.8) is 0 Å². The quantitative estimate of drug-likeness (QED) is 0.586. The van der Waals surface area contributed by atoms with Gasteiger partial charge in [0, 0.05) is 19.5 Å². The summed E-state index contributed by atoms with van der Waals surface area (Å²) in [5, 5.41) is 8.91. The van der Waals surface area contributed by atoms with Gasteiger partial charge >= 0.3 is 0 Å². The molecule has 1 aliphatic carbocycles. The van der Waals surface area contributed by atoms with Crippen LogP contribution in [-0.4, -0.2) is 11.2 Å². The molecule has 0 unspecified atom stereocenters. The van der Waals surface area contributed by atoms with Crippen LogP contribution < -0.4 is 0 Å². The molecule has 0 atom stereocenters. The van der Waals surface area contributed by atoms with Crippen LogP contribution in [0.25, 0.3) is 0 Å². The Hall–Kier alpha value is 0.583. The number of aliphatic hydroxyl groups excluding tert-OH is 1. The van der Waals surface area contributed by atoms with Crippen LogP contribution in [0.4, 0.5) is 0 Å². The normalized spacial score (nSPS) is 22.1. The van der Waals surface area contributed by atoms with Crippen LogP contribution in [-0.2, 0) is 19.5 Å². The Bertz CT molecular complexity index is 50.5. The summed E-state index contributed by atoms with van der Waals surface area (Å²) in [6.07, 6.45) is 5.92. The third-order valence-corrected chi connectivity index (χ3v) is 1.57. The zero-order chi connectivity index (χ0) is 5.11. The fraction of sp³-hybridized carbons (Fsp3) is 1.00. The summed E-state index contributed by atoms with van der Waals surface area (Å²) in [7, 11) is 0. The van der Waals surface area contributed by atoms with Crippen LogP contribution in [0.1, 0.15) is 32.1 Å². The van der Waals surface area contributed by atoms with Crippen molar-refractivity contribution in [2.24, 2.45) is 0 Å². The Morgan fingerprint density at radius 1 is 1.00 bits per heavy atom. The maximum atomic E-state index is 8.91. The molecule has 0 spiro atoms. The Morgan fingerprint density at radius 3 is 1.75 bits per heavy atom. The SMILES string of the molecule is OC1CCCCC1.[Ru]. The van der Waals surface area contributed by atoms with Crippen LogP contribution >= 0.6 is 0 Å². The van der Waals surface area contributed by atoms with E-state index in [1.807, 2.05) is 0 Å². The van der Waals surface area contributed by atoms with Gasteiger partial charge in [-0.2, -0.15) is 0 Å². The largest absolute Gasteiger partial charge is 0.393 e. The second-order valence-corrected chi connectivity index (χ2v) is 2.29. The molecule has 1 fully saturated rings. The summed E-state index contributed by atoms with van der Waals surface area (Å²) in [6, 6.07) is 0. The van der Waals surface area contributed by atoms with Gasteiger partial charge in [-0.3, -0.25) is 0 Å². The van der Waals surface area contributed by atoms with Crippen LogP contribution in [0.3, 0.4) is 0 Å². The number of hydrogen-bond donors (Lipinski definition) is 1. The fourth-order valence-electron chi connectivity index (χ4n) is 1.08. The molecule has 2 heteroatoms. The average molecular weight is 201 g/mol. The van der Waals surface area contributed by atoms with Gasteiger partial charge in [0.1, 0.15) is 0 Å². The summed E-state index contributed by atoms with van der Waals surface area (Å²) in [5.74, 6) is 0. The van der Waals surface area contributed by atoms with Crippen molar-refractivity contribution in [3.8, 4) is 0 Å². The molecule has 50 valence electrons. The van der Waals surface area contributed by atoms with E-state index in [4.69, 9.17) is 5.11 Å². The molecule has 0 aromatic rings. The number of aliphatic hydroxyl groups is 1. The molecule has 0 aliphatic heterocycles. The maximum absolute atomic E-state index is 8.91. The van der Waals surface area contributed by atoms with Crippen LogP contribution in [0.2, 0.25) is 0 Å². The molecule has 0 aromatic heterocycles. The third-order valence-electron chi connectivity index (χ3n) is 1.57. The minimum Gasteiger partial charge on any atom is -0.393 e. The van der Waals surface area contributed by atoms with Gasteiger partial charge in [-0.25, -0.2) is 0 Å². The first-order chi connectivity index (χ1) is 3.39. The number of rotatable bonds is 0. The summed E-state index contributed by atoms with van der Waals surface area (Å²) >= 11 is 0. The number of hydrogen-bond acceptors (Lipinski definition) is 1. The first-order valence-electron chi connectivity index (χ1n) is 3.07. The van der Waals surface area contributed by atoms with Gasteiger partial charge < -0.3 is 5.11 Å². The van der Waals surface area contributed by atoms with Crippen LogP contribution in [0.5, 0.6) is 0 Å². The predicted octanol–water partition coefficient (Wildman–Crippen LogP) is 1.31. The van der Waals surface area contributed by atoms with E-state index in [0.717, 1.165) is 12.8 Å². The predicted molar refractivity (Wildman–Crippen MR) is 29.1 cm³/mol. The molecule has 1 nitrogen and oxygen atoms in total. The minimum atomic E-state index is 0. The minimum absolute atomic E-state index is 0. The molecule has 1 N–H and O–H groups in total. The van der Waals surface area contributed by atoms with Gasteiger partial charge in [-0.1, -0.05) is 19.3 Å². The second kappa shape index (κ2) is 4.46. The second-order valence-electron chi connectivity index (χ2n) is 2.29. The molecule has 0 saturated heterocycles. The van der Waals surface area contributed by atoms with E-state index >= 15 is 0 Å². The Morgan fingerprint density at radius 2 is 1.50 bits per heavy atom. The molecule has 1 rings (SSSR count). The van der Waals surface area contributed by atoms with E-state index in [0.29, 0.717) is 0 Å². The molecule has 0 bridgehead atoms. The molecule has 8 heavy (non-hydrogen) atoms.